The summed E-state index contributed by atoms with van der Waals surface area (Å²) in [4.78, 5) is 15.5. The fourth-order valence-electron chi connectivity index (χ4n) is 1.39. The molecular weight excluding hydrogens is 234 g/mol. The van der Waals surface area contributed by atoms with E-state index in [-0.39, 0.29) is 5.91 Å². The number of rotatable bonds is 7. The predicted molar refractivity (Wildman–Crippen MR) is 73.2 cm³/mol. The third-order valence-electron chi connectivity index (χ3n) is 2.36. The Hall–Kier alpha value is -1.23. The molecule has 0 aliphatic heterocycles. The number of nitrogens with zero attached hydrogens (tertiary/aromatic N) is 1. The largest absolute Gasteiger partial charge is 0.384 e. The average Bonchev–Trinajstić information content (AvgIpc) is 2.34. The molecule has 1 aromatic rings. The lowest BCUT2D eigenvalue weighted by Gasteiger charge is -2.04. The van der Waals surface area contributed by atoms with E-state index in [1.54, 1.807) is 12.1 Å². The molecule has 0 unspecified atom stereocenters. The Bertz CT molecular complexity index is 340. The molecule has 1 amide bonds. The van der Waals surface area contributed by atoms with Crippen LogP contribution in [-0.4, -0.2) is 29.4 Å². The van der Waals surface area contributed by atoms with Crippen molar-refractivity contribution >= 4 is 23.5 Å². The lowest BCUT2D eigenvalue weighted by molar-refractivity contribution is 0.0952. The van der Waals surface area contributed by atoms with Crippen molar-refractivity contribution in [3.63, 3.8) is 0 Å². The van der Waals surface area contributed by atoms with Crippen LogP contribution in [0.5, 0.6) is 0 Å². The number of anilines is 1. The molecule has 4 nitrogen and oxygen atoms in total. The van der Waals surface area contributed by atoms with Gasteiger partial charge in [-0.25, -0.2) is 4.98 Å². The van der Waals surface area contributed by atoms with E-state index in [0.717, 1.165) is 19.4 Å². The average molecular weight is 253 g/mol. The van der Waals surface area contributed by atoms with Gasteiger partial charge >= 0.3 is 0 Å². The van der Waals surface area contributed by atoms with E-state index >= 15 is 0 Å². The number of aromatic nitrogens is 1. The number of amides is 1. The Morgan fingerprint density at radius 2 is 2.24 bits per heavy atom. The van der Waals surface area contributed by atoms with Crippen LogP contribution in [0.2, 0.25) is 0 Å². The maximum Gasteiger partial charge on any atom is 0.252 e. The van der Waals surface area contributed by atoms with Crippen molar-refractivity contribution < 1.29 is 4.79 Å². The van der Waals surface area contributed by atoms with Crippen LogP contribution >= 0.6 is 11.8 Å². The zero-order valence-electron chi connectivity index (χ0n) is 10.1. The summed E-state index contributed by atoms with van der Waals surface area (Å²) in [7, 11) is 0. The van der Waals surface area contributed by atoms with Crippen molar-refractivity contribution in [2.75, 3.05) is 24.3 Å². The molecule has 5 heteroatoms. The third kappa shape index (κ3) is 5.58. The molecule has 94 valence electrons. The molecule has 0 saturated heterocycles. The lowest BCUT2D eigenvalue weighted by atomic mass is 10.2. The SMILES string of the molecule is CSCCCCCNC(=O)c1ccc(N)nc1. The van der Waals surface area contributed by atoms with E-state index in [1.807, 2.05) is 11.8 Å². The minimum atomic E-state index is -0.0811. The summed E-state index contributed by atoms with van der Waals surface area (Å²) in [6.07, 6.45) is 6.99. The predicted octanol–water partition coefficient (Wildman–Crippen LogP) is 1.93. The second kappa shape index (κ2) is 7.95. The van der Waals surface area contributed by atoms with Crippen molar-refractivity contribution in [1.82, 2.24) is 10.3 Å². The van der Waals surface area contributed by atoms with Gasteiger partial charge in [0.2, 0.25) is 0 Å². The van der Waals surface area contributed by atoms with Crippen molar-refractivity contribution in [3.05, 3.63) is 23.9 Å². The molecule has 0 atom stereocenters. The molecule has 0 spiro atoms. The van der Waals surface area contributed by atoms with Gasteiger partial charge in [0.25, 0.3) is 5.91 Å². The van der Waals surface area contributed by atoms with Crippen LogP contribution < -0.4 is 11.1 Å². The summed E-state index contributed by atoms with van der Waals surface area (Å²) in [5.74, 6) is 1.54. The zero-order valence-corrected chi connectivity index (χ0v) is 10.9. The molecule has 0 aliphatic rings. The number of nitrogens with one attached hydrogen (secondary N) is 1. The molecule has 0 aliphatic carbocycles. The maximum absolute atomic E-state index is 11.6. The Kier molecular flexibility index (Phi) is 6.47. The van der Waals surface area contributed by atoms with E-state index in [2.05, 4.69) is 16.6 Å². The van der Waals surface area contributed by atoms with Gasteiger partial charge in [0, 0.05) is 12.7 Å². The Balaban J connectivity index is 2.19. The summed E-state index contributed by atoms with van der Waals surface area (Å²) in [6.45, 7) is 0.720. The maximum atomic E-state index is 11.6. The molecule has 0 radical (unpaired) electrons. The fourth-order valence-corrected chi connectivity index (χ4v) is 1.88. The summed E-state index contributed by atoms with van der Waals surface area (Å²) in [6, 6.07) is 3.32. The van der Waals surface area contributed by atoms with Gasteiger partial charge in [-0.2, -0.15) is 11.8 Å². The number of hydrogen-bond acceptors (Lipinski definition) is 4. The molecule has 1 rings (SSSR count). The van der Waals surface area contributed by atoms with Gasteiger partial charge in [-0.1, -0.05) is 6.42 Å². The smallest absolute Gasteiger partial charge is 0.252 e. The van der Waals surface area contributed by atoms with Crippen LogP contribution in [0.4, 0.5) is 5.82 Å². The minimum absolute atomic E-state index is 0.0811. The molecule has 0 bridgehead atoms. The summed E-state index contributed by atoms with van der Waals surface area (Å²) in [5.41, 5.74) is 6.01. The van der Waals surface area contributed by atoms with E-state index in [9.17, 15) is 4.79 Å². The Labute approximate surface area is 106 Å². The van der Waals surface area contributed by atoms with Crippen LogP contribution in [0, 0.1) is 0 Å². The number of hydrogen-bond donors (Lipinski definition) is 2. The highest BCUT2D eigenvalue weighted by atomic mass is 32.2. The lowest BCUT2D eigenvalue weighted by Crippen LogP contribution is -2.24. The molecule has 0 saturated carbocycles. The molecule has 17 heavy (non-hydrogen) atoms. The second-order valence-electron chi connectivity index (χ2n) is 3.78. The van der Waals surface area contributed by atoms with E-state index in [0.29, 0.717) is 11.4 Å². The van der Waals surface area contributed by atoms with Crippen LogP contribution in [0.15, 0.2) is 18.3 Å². The van der Waals surface area contributed by atoms with Crippen molar-refractivity contribution in [2.45, 2.75) is 19.3 Å². The summed E-state index contributed by atoms with van der Waals surface area (Å²) >= 11 is 1.86. The Morgan fingerprint density at radius 1 is 1.41 bits per heavy atom. The molecule has 0 fully saturated rings. The molecular formula is C12H19N3OS. The normalized spacial score (nSPS) is 10.2. The first-order valence-corrected chi connectivity index (χ1v) is 7.12. The third-order valence-corrected chi connectivity index (χ3v) is 3.06. The van der Waals surface area contributed by atoms with E-state index < -0.39 is 0 Å². The first kappa shape index (κ1) is 13.8. The summed E-state index contributed by atoms with van der Waals surface area (Å²) in [5, 5.41) is 2.87. The van der Waals surface area contributed by atoms with Gasteiger partial charge in [0.15, 0.2) is 0 Å². The molecule has 0 aromatic carbocycles. The van der Waals surface area contributed by atoms with Crippen molar-refractivity contribution in [1.29, 1.82) is 0 Å². The minimum Gasteiger partial charge on any atom is -0.384 e. The van der Waals surface area contributed by atoms with E-state index in [4.69, 9.17) is 5.73 Å². The van der Waals surface area contributed by atoms with Crippen LogP contribution in [-0.2, 0) is 0 Å². The number of nitrogens with two attached hydrogens (primary N) is 1. The first-order chi connectivity index (χ1) is 8.24. The topological polar surface area (TPSA) is 68.0 Å². The van der Waals surface area contributed by atoms with Gasteiger partial charge < -0.3 is 11.1 Å². The number of nitrogen functional groups attached to an aromatic ring is 1. The highest BCUT2D eigenvalue weighted by Gasteiger charge is 2.04. The molecule has 3 N–H and O–H groups in total. The summed E-state index contributed by atoms with van der Waals surface area (Å²) < 4.78 is 0. The van der Waals surface area contributed by atoms with Crippen LogP contribution in [0.1, 0.15) is 29.6 Å². The standard InChI is InChI=1S/C12H19N3OS/c1-17-8-4-2-3-7-14-12(16)10-5-6-11(13)15-9-10/h5-6,9H,2-4,7-8H2,1H3,(H2,13,15)(H,14,16). The highest BCUT2D eigenvalue weighted by Crippen LogP contribution is 2.03. The molecule has 1 heterocycles. The second-order valence-corrected chi connectivity index (χ2v) is 4.77. The zero-order chi connectivity index (χ0) is 12.5. The number of thioether (sulfide) groups is 1. The van der Waals surface area contributed by atoms with Gasteiger partial charge in [-0.15, -0.1) is 0 Å². The Morgan fingerprint density at radius 3 is 2.88 bits per heavy atom. The fraction of sp³-hybridized carbons (Fsp3) is 0.500. The number of unbranched alkanes of at least 4 members (excludes halogenated alkanes) is 2. The van der Waals surface area contributed by atoms with Gasteiger partial charge in [-0.05, 0) is 37.0 Å². The van der Waals surface area contributed by atoms with Crippen molar-refractivity contribution in [3.8, 4) is 0 Å². The van der Waals surface area contributed by atoms with Gasteiger partial charge in [0.05, 0.1) is 5.56 Å². The first-order valence-electron chi connectivity index (χ1n) is 5.72. The number of carbonyl (C=O) groups is 1. The monoisotopic (exact) mass is 253 g/mol. The van der Waals surface area contributed by atoms with Gasteiger partial charge in [0.1, 0.15) is 5.82 Å². The quantitative estimate of drug-likeness (QED) is 0.729. The number of carbonyl (C=O) groups excluding carboxylic acids is 1. The van der Waals surface area contributed by atoms with Crippen LogP contribution in [0.25, 0.3) is 0 Å². The van der Waals surface area contributed by atoms with E-state index in [1.165, 1.54) is 18.4 Å². The van der Waals surface area contributed by atoms with Crippen molar-refractivity contribution in [2.24, 2.45) is 0 Å². The van der Waals surface area contributed by atoms with Crippen LogP contribution in [0.3, 0.4) is 0 Å². The number of pyridine rings is 1. The van der Waals surface area contributed by atoms with Gasteiger partial charge in [-0.3, -0.25) is 4.79 Å². The molecule has 1 aromatic heterocycles. The highest BCUT2D eigenvalue weighted by molar-refractivity contribution is 7.98.